The average Bonchev–Trinajstić information content (AvgIpc) is 2.27. The number of halogens is 1. The zero-order valence-corrected chi connectivity index (χ0v) is 8.75. The van der Waals surface area contributed by atoms with Crippen LogP contribution in [0.15, 0.2) is 33.5 Å². The lowest BCUT2D eigenvalue weighted by molar-refractivity contribution is 0.0981. The second-order valence-electron chi connectivity index (χ2n) is 3.07. The number of rotatable bonds is 1. The van der Waals surface area contributed by atoms with Gasteiger partial charge >= 0.3 is 5.63 Å². The Morgan fingerprint density at radius 2 is 2.12 bits per heavy atom. The summed E-state index contributed by atoms with van der Waals surface area (Å²) >= 11 is 3.54. The third-order valence-corrected chi connectivity index (χ3v) is 2.25. The van der Waals surface area contributed by atoms with E-state index in [0.29, 0.717) is 5.39 Å². The minimum absolute atomic E-state index is 0.0979. The molecule has 0 aliphatic rings. The number of amides is 1. The Morgan fingerprint density at radius 3 is 2.81 bits per heavy atom. The number of fused-ring (bicyclic) bond motifs is 1. The molecule has 1 amide bonds. The molecule has 1 aromatic carbocycles. The van der Waals surface area contributed by atoms with Crippen LogP contribution in [0.1, 0.15) is 10.4 Å². The van der Waals surface area contributed by atoms with Gasteiger partial charge < -0.3 is 4.42 Å². The fourth-order valence-electron chi connectivity index (χ4n) is 1.30. The highest BCUT2D eigenvalue weighted by molar-refractivity contribution is 7.78. The number of carbonyl (C=O) groups excluding carboxylic acids is 1. The van der Waals surface area contributed by atoms with Crippen LogP contribution in [0.25, 0.3) is 11.0 Å². The molecule has 1 aromatic heterocycles. The average molecular weight is 239 g/mol. The van der Waals surface area contributed by atoms with Crippen molar-refractivity contribution in [2.45, 2.75) is 0 Å². The second-order valence-corrected chi connectivity index (χ2v) is 3.29. The van der Waals surface area contributed by atoms with E-state index in [1.807, 2.05) is 4.72 Å². The minimum atomic E-state index is -0.829. The van der Waals surface area contributed by atoms with Gasteiger partial charge in [-0.05, 0) is 18.2 Å². The lowest BCUT2D eigenvalue weighted by Gasteiger charge is -2.00. The van der Waals surface area contributed by atoms with Gasteiger partial charge in [0, 0.05) is 11.5 Å². The molecule has 16 heavy (non-hydrogen) atoms. The van der Waals surface area contributed by atoms with E-state index in [-0.39, 0.29) is 11.1 Å². The number of carbonyl (C=O) groups is 1. The van der Waals surface area contributed by atoms with E-state index >= 15 is 0 Å². The predicted octanol–water partition coefficient (Wildman–Crippen LogP) is 1.51. The molecule has 0 radical (unpaired) electrons. The first kappa shape index (κ1) is 10.7. The molecule has 4 nitrogen and oxygen atoms in total. The molecule has 0 unspecified atom stereocenters. The van der Waals surface area contributed by atoms with E-state index < -0.39 is 17.3 Å². The molecule has 1 heterocycles. The molecular weight excluding hydrogens is 233 g/mol. The summed E-state index contributed by atoms with van der Waals surface area (Å²) in [7, 11) is 0. The summed E-state index contributed by atoms with van der Waals surface area (Å²) in [6, 6.07) is 5.04. The normalized spacial score (nSPS) is 10.4. The third-order valence-electron chi connectivity index (χ3n) is 2.04. The molecule has 0 fully saturated rings. The monoisotopic (exact) mass is 239 g/mol. The van der Waals surface area contributed by atoms with Crippen molar-refractivity contribution >= 4 is 29.7 Å². The van der Waals surface area contributed by atoms with Crippen LogP contribution in [0.2, 0.25) is 0 Å². The Balaban J connectivity index is 2.72. The number of thiol groups is 1. The molecule has 0 aliphatic heterocycles. The molecule has 6 heteroatoms. The van der Waals surface area contributed by atoms with Gasteiger partial charge in [0.1, 0.15) is 17.0 Å². The Bertz CT molecular complexity index is 623. The first-order valence-corrected chi connectivity index (χ1v) is 4.74. The first-order chi connectivity index (χ1) is 7.61. The van der Waals surface area contributed by atoms with Crippen LogP contribution in [0, 0.1) is 5.82 Å². The van der Waals surface area contributed by atoms with Crippen molar-refractivity contribution in [1.29, 1.82) is 0 Å². The van der Waals surface area contributed by atoms with E-state index in [1.54, 1.807) is 0 Å². The maximum Gasteiger partial charge on any atom is 0.349 e. The minimum Gasteiger partial charge on any atom is -0.422 e. The van der Waals surface area contributed by atoms with Gasteiger partial charge in [0.2, 0.25) is 0 Å². The van der Waals surface area contributed by atoms with Gasteiger partial charge in [-0.1, -0.05) is 12.8 Å². The highest BCUT2D eigenvalue weighted by atomic mass is 32.1. The Kier molecular flexibility index (Phi) is 2.66. The lowest BCUT2D eigenvalue weighted by atomic mass is 10.2. The molecular formula is C10H6FNO3S. The van der Waals surface area contributed by atoms with Gasteiger partial charge in [0.25, 0.3) is 5.91 Å². The number of nitrogens with one attached hydrogen (secondary N) is 1. The Morgan fingerprint density at radius 1 is 1.38 bits per heavy atom. The maximum absolute atomic E-state index is 12.8. The van der Waals surface area contributed by atoms with Crippen molar-refractivity contribution in [1.82, 2.24) is 4.72 Å². The molecule has 2 rings (SSSR count). The molecule has 0 atom stereocenters. The standard InChI is InChI=1S/C10H6FNO3S/c11-6-2-1-5-3-7(9(13)12-16)10(14)15-8(5)4-6/h1-4,16H,(H,12,13). The van der Waals surface area contributed by atoms with Crippen molar-refractivity contribution in [3.05, 3.63) is 46.1 Å². The molecule has 0 aliphatic carbocycles. The first-order valence-electron chi connectivity index (χ1n) is 4.29. The smallest absolute Gasteiger partial charge is 0.349 e. The van der Waals surface area contributed by atoms with E-state index in [9.17, 15) is 14.0 Å². The van der Waals surface area contributed by atoms with Gasteiger partial charge in [0.05, 0.1) is 0 Å². The number of hydrogen-bond donors (Lipinski definition) is 2. The Labute approximate surface area is 94.6 Å². The fraction of sp³-hybridized carbons (Fsp3) is 0. The van der Waals surface area contributed by atoms with Gasteiger partial charge in [-0.2, -0.15) is 0 Å². The van der Waals surface area contributed by atoms with Crippen LogP contribution < -0.4 is 10.3 Å². The van der Waals surface area contributed by atoms with Crippen LogP contribution in [-0.4, -0.2) is 5.91 Å². The topological polar surface area (TPSA) is 59.3 Å². The van der Waals surface area contributed by atoms with Crippen LogP contribution in [0.5, 0.6) is 0 Å². The van der Waals surface area contributed by atoms with Gasteiger partial charge in [-0.15, -0.1) is 0 Å². The van der Waals surface area contributed by atoms with Crippen molar-refractivity contribution in [2.24, 2.45) is 0 Å². The number of benzene rings is 1. The third kappa shape index (κ3) is 1.79. The van der Waals surface area contributed by atoms with E-state index in [0.717, 1.165) is 6.07 Å². The number of hydrogen-bond acceptors (Lipinski definition) is 4. The summed E-state index contributed by atoms with van der Waals surface area (Å²) in [4.78, 5) is 22.6. The Hall–Kier alpha value is -1.82. The highest BCUT2D eigenvalue weighted by Gasteiger charge is 2.12. The zero-order chi connectivity index (χ0) is 11.7. The summed E-state index contributed by atoms with van der Waals surface area (Å²) in [5.41, 5.74) is -0.903. The van der Waals surface area contributed by atoms with E-state index in [4.69, 9.17) is 4.42 Å². The van der Waals surface area contributed by atoms with Crippen molar-refractivity contribution in [3.63, 3.8) is 0 Å². The van der Waals surface area contributed by atoms with Crippen LogP contribution in [-0.2, 0) is 0 Å². The van der Waals surface area contributed by atoms with Crippen molar-refractivity contribution in [2.75, 3.05) is 0 Å². The molecule has 0 bridgehead atoms. The van der Waals surface area contributed by atoms with Gasteiger partial charge in [-0.25, -0.2) is 9.18 Å². The zero-order valence-electron chi connectivity index (χ0n) is 7.86. The molecule has 2 aromatic rings. The maximum atomic E-state index is 12.8. The summed E-state index contributed by atoms with van der Waals surface area (Å²) in [5, 5.41) is 0.466. The summed E-state index contributed by atoms with van der Waals surface area (Å²) in [6.45, 7) is 0. The SMILES string of the molecule is O=C(NS)c1cc2ccc(F)cc2oc1=O. The van der Waals surface area contributed by atoms with E-state index in [1.165, 1.54) is 18.2 Å². The van der Waals surface area contributed by atoms with Gasteiger partial charge in [0.15, 0.2) is 0 Å². The second kappa shape index (κ2) is 3.97. The fourth-order valence-corrected chi connectivity index (χ4v) is 1.42. The van der Waals surface area contributed by atoms with Gasteiger partial charge in [-0.3, -0.25) is 9.52 Å². The van der Waals surface area contributed by atoms with Crippen LogP contribution in [0.4, 0.5) is 4.39 Å². The molecule has 0 saturated heterocycles. The lowest BCUT2D eigenvalue weighted by Crippen LogP contribution is -2.21. The quantitative estimate of drug-likeness (QED) is 0.585. The highest BCUT2D eigenvalue weighted by Crippen LogP contribution is 2.14. The molecule has 0 saturated carbocycles. The van der Waals surface area contributed by atoms with E-state index in [2.05, 4.69) is 12.8 Å². The van der Waals surface area contributed by atoms with Crippen LogP contribution >= 0.6 is 12.8 Å². The largest absolute Gasteiger partial charge is 0.422 e. The van der Waals surface area contributed by atoms with Crippen molar-refractivity contribution < 1.29 is 13.6 Å². The summed E-state index contributed by atoms with van der Waals surface area (Å²) < 4.78 is 19.7. The van der Waals surface area contributed by atoms with Crippen LogP contribution in [0.3, 0.4) is 0 Å². The van der Waals surface area contributed by atoms with Crippen molar-refractivity contribution in [3.8, 4) is 0 Å². The predicted molar refractivity (Wildman–Crippen MR) is 58.9 cm³/mol. The molecule has 82 valence electrons. The molecule has 1 N–H and O–H groups in total. The summed E-state index contributed by atoms with van der Waals surface area (Å²) in [5.74, 6) is -1.18. The molecule has 0 spiro atoms. The summed E-state index contributed by atoms with van der Waals surface area (Å²) in [6.07, 6.45) is 0.